The molecule has 0 amide bonds. The molecule has 0 spiro atoms. The maximum Gasteiger partial charge on any atom is 0.277 e. The number of rotatable bonds is 2. The number of para-hydroxylation sites is 1. The smallest absolute Gasteiger partial charge is 0.277 e. The van der Waals surface area contributed by atoms with Crippen LogP contribution in [0.3, 0.4) is 0 Å². The Hall–Kier alpha value is -4.18. The van der Waals surface area contributed by atoms with E-state index in [2.05, 4.69) is 6.07 Å². The van der Waals surface area contributed by atoms with Gasteiger partial charge in [-0.25, -0.2) is 0 Å². The Kier molecular flexibility index (Phi) is 3.44. The molecule has 0 unspecified atom stereocenters. The van der Waals surface area contributed by atoms with Crippen molar-refractivity contribution in [2.24, 2.45) is 0 Å². The third-order valence-corrected chi connectivity index (χ3v) is 5.75. The Morgan fingerprint density at radius 1 is 0.667 bits per heavy atom. The highest BCUT2D eigenvalue weighted by molar-refractivity contribution is 6.19. The second-order valence-corrected chi connectivity index (χ2v) is 7.41. The van der Waals surface area contributed by atoms with Crippen LogP contribution in [0.1, 0.15) is 0 Å². The molecule has 4 nitrogen and oxygen atoms in total. The Bertz CT molecular complexity index is 1630. The van der Waals surface area contributed by atoms with Crippen molar-refractivity contribution in [3.05, 3.63) is 101 Å². The summed E-state index contributed by atoms with van der Waals surface area (Å²) in [5.41, 5.74) is 3.29. The quantitative estimate of drug-likeness (QED) is 0.228. The molecule has 0 saturated carbocycles. The largest absolute Gasteiger partial charge is 0.456 e. The summed E-state index contributed by atoms with van der Waals surface area (Å²) >= 11 is 0. The number of nitro groups is 1. The van der Waals surface area contributed by atoms with Gasteiger partial charge in [-0.2, -0.15) is 0 Å². The summed E-state index contributed by atoms with van der Waals surface area (Å²) in [7, 11) is 0. The van der Waals surface area contributed by atoms with Gasteiger partial charge < -0.3 is 4.42 Å². The van der Waals surface area contributed by atoms with Crippen molar-refractivity contribution in [3.8, 4) is 11.1 Å². The lowest BCUT2D eigenvalue weighted by molar-refractivity contribution is -0.384. The number of hydrogen-bond acceptors (Lipinski definition) is 3. The minimum absolute atomic E-state index is 0.114. The summed E-state index contributed by atoms with van der Waals surface area (Å²) in [6.07, 6.45) is 0. The van der Waals surface area contributed by atoms with Gasteiger partial charge in [0, 0.05) is 16.8 Å². The SMILES string of the molecule is O=[N+]([O-])c1ccc2ccccc2c1-c1ccc2c(ccc3oc4ccccc4c32)c1. The average Bonchev–Trinajstić information content (AvgIpc) is 3.17. The van der Waals surface area contributed by atoms with Crippen molar-refractivity contribution in [1.29, 1.82) is 0 Å². The highest BCUT2D eigenvalue weighted by atomic mass is 16.6. The van der Waals surface area contributed by atoms with E-state index in [0.29, 0.717) is 5.56 Å². The number of nitrogens with zero attached hydrogens (tertiary/aromatic N) is 1. The molecule has 0 saturated heterocycles. The summed E-state index contributed by atoms with van der Waals surface area (Å²) in [6.45, 7) is 0. The molecule has 0 N–H and O–H groups in total. The molecule has 0 aliphatic heterocycles. The standard InChI is InChI=1S/C26H15NO3/c28-27(29)22-13-10-16-5-1-2-6-19(16)25(22)18-9-12-20-17(15-18)11-14-24-26(20)21-7-3-4-8-23(21)30-24/h1-15H. The van der Waals surface area contributed by atoms with Gasteiger partial charge in [-0.15, -0.1) is 0 Å². The number of hydrogen-bond donors (Lipinski definition) is 0. The molecule has 0 radical (unpaired) electrons. The summed E-state index contributed by atoms with van der Waals surface area (Å²) < 4.78 is 5.99. The summed E-state index contributed by atoms with van der Waals surface area (Å²) in [4.78, 5) is 11.5. The van der Waals surface area contributed by atoms with Crippen molar-refractivity contribution >= 4 is 49.2 Å². The van der Waals surface area contributed by atoms with E-state index in [1.807, 2.05) is 72.8 Å². The highest BCUT2D eigenvalue weighted by Gasteiger charge is 2.19. The van der Waals surface area contributed by atoms with Gasteiger partial charge in [-0.1, -0.05) is 60.7 Å². The monoisotopic (exact) mass is 389 g/mol. The fourth-order valence-corrected chi connectivity index (χ4v) is 4.42. The van der Waals surface area contributed by atoms with E-state index < -0.39 is 0 Å². The molecule has 6 aromatic rings. The Morgan fingerprint density at radius 3 is 2.30 bits per heavy atom. The number of furan rings is 1. The second-order valence-electron chi connectivity index (χ2n) is 7.41. The molecule has 0 bridgehead atoms. The molecule has 0 aliphatic carbocycles. The van der Waals surface area contributed by atoms with Crippen LogP contribution < -0.4 is 0 Å². The Balaban J connectivity index is 1.69. The molecule has 6 rings (SSSR count). The molecule has 1 aromatic heterocycles. The van der Waals surface area contributed by atoms with Gasteiger partial charge in [0.2, 0.25) is 0 Å². The molecule has 0 aliphatic rings. The van der Waals surface area contributed by atoms with E-state index in [0.717, 1.165) is 49.0 Å². The van der Waals surface area contributed by atoms with Crippen LogP contribution in [0.4, 0.5) is 5.69 Å². The Labute approximate surface area is 171 Å². The second kappa shape index (κ2) is 6.16. The number of nitro benzene ring substituents is 1. The van der Waals surface area contributed by atoms with Crippen LogP contribution >= 0.6 is 0 Å². The van der Waals surface area contributed by atoms with E-state index in [-0.39, 0.29) is 10.6 Å². The van der Waals surface area contributed by atoms with Crippen LogP contribution in [-0.4, -0.2) is 4.92 Å². The highest BCUT2D eigenvalue weighted by Crippen LogP contribution is 2.40. The van der Waals surface area contributed by atoms with Crippen molar-refractivity contribution in [1.82, 2.24) is 0 Å². The van der Waals surface area contributed by atoms with Gasteiger partial charge in [0.25, 0.3) is 5.69 Å². The molecule has 30 heavy (non-hydrogen) atoms. The molecular formula is C26H15NO3. The lowest BCUT2D eigenvalue weighted by atomic mass is 9.93. The van der Waals surface area contributed by atoms with E-state index >= 15 is 0 Å². The lowest BCUT2D eigenvalue weighted by Crippen LogP contribution is -1.93. The van der Waals surface area contributed by atoms with Crippen LogP contribution in [0.25, 0.3) is 54.6 Å². The molecule has 5 aromatic carbocycles. The van der Waals surface area contributed by atoms with Crippen LogP contribution in [-0.2, 0) is 0 Å². The first-order valence-electron chi connectivity index (χ1n) is 9.71. The predicted molar refractivity (Wildman–Crippen MR) is 121 cm³/mol. The normalized spacial score (nSPS) is 11.6. The van der Waals surface area contributed by atoms with Gasteiger partial charge in [-0.05, 0) is 51.4 Å². The van der Waals surface area contributed by atoms with Gasteiger partial charge in [0.1, 0.15) is 11.2 Å². The van der Waals surface area contributed by atoms with Crippen molar-refractivity contribution in [3.63, 3.8) is 0 Å². The molecular weight excluding hydrogens is 374 g/mol. The molecule has 142 valence electrons. The minimum atomic E-state index is -0.307. The van der Waals surface area contributed by atoms with E-state index in [1.165, 1.54) is 0 Å². The zero-order valence-electron chi connectivity index (χ0n) is 15.8. The zero-order chi connectivity index (χ0) is 20.2. The summed E-state index contributed by atoms with van der Waals surface area (Å²) in [5, 5.41) is 17.9. The first-order chi connectivity index (χ1) is 14.7. The summed E-state index contributed by atoms with van der Waals surface area (Å²) in [5.74, 6) is 0. The Morgan fingerprint density at radius 2 is 1.43 bits per heavy atom. The molecule has 1 heterocycles. The van der Waals surface area contributed by atoms with Gasteiger partial charge in [0.15, 0.2) is 0 Å². The van der Waals surface area contributed by atoms with Crippen LogP contribution in [0.2, 0.25) is 0 Å². The maximum atomic E-state index is 11.8. The van der Waals surface area contributed by atoms with Crippen LogP contribution in [0.5, 0.6) is 0 Å². The average molecular weight is 389 g/mol. The lowest BCUT2D eigenvalue weighted by Gasteiger charge is -2.10. The molecule has 0 fully saturated rings. The van der Waals surface area contributed by atoms with E-state index in [4.69, 9.17) is 4.42 Å². The van der Waals surface area contributed by atoms with E-state index in [9.17, 15) is 10.1 Å². The van der Waals surface area contributed by atoms with Gasteiger partial charge in [0.05, 0.1) is 10.5 Å². The minimum Gasteiger partial charge on any atom is -0.456 e. The van der Waals surface area contributed by atoms with Crippen LogP contribution in [0, 0.1) is 10.1 Å². The fourth-order valence-electron chi connectivity index (χ4n) is 4.42. The summed E-state index contributed by atoms with van der Waals surface area (Å²) in [6, 6.07) is 29.2. The van der Waals surface area contributed by atoms with Gasteiger partial charge in [-0.3, -0.25) is 10.1 Å². The molecule has 0 atom stereocenters. The van der Waals surface area contributed by atoms with Crippen molar-refractivity contribution in [2.75, 3.05) is 0 Å². The fraction of sp³-hybridized carbons (Fsp3) is 0. The first-order valence-corrected chi connectivity index (χ1v) is 9.71. The third-order valence-electron chi connectivity index (χ3n) is 5.75. The van der Waals surface area contributed by atoms with E-state index in [1.54, 1.807) is 12.1 Å². The number of benzene rings is 5. The number of fused-ring (bicyclic) bond motifs is 6. The zero-order valence-corrected chi connectivity index (χ0v) is 15.8. The third kappa shape index (κ3) is 2.34. The predicted octanol–water partition coefficient (Wildman–Crippen LogP) is 7.47. The maximum absolute atomic E-state index is 11.8. The van der Waals surface area contributed by atoms with Crippen molar-refractivity contribution < 1.29 is 9.34 Å². The van der Waals surface area contributed by atoms with Crippen molar-refractivity contribution in [2.45, 2.75) is 0 Å². The first kappa shape index (κ1) is 16.7. The topological polar surface area (TPSA) is 56.3 Å². The van der Waals surface area contributed by atoms with Gasteiger partial charge >= 0.3 is 0 Å². The van der Waals surface area contributed by atoms with Crippen LogP contribution in [0.15, 0.2) is 95.4 Å². The molecule has 4 heteroatoms.